The van der Waals surface area contributed by atoms with Gasteiger partial charge in [0, 0.05) is 18.1 Å². The van der Waals surface area contributed by atoms with Crippen LogP contribution in [0.5, 0.6) is 0 Å². The highest BCUT2D eigenvalue weighted by Gasteiger charge is 2.15. The number of anilines is 1. The van der Waals surface area contributed by atoms with E-state index in [0.717, 1.165) is 24.2 Å². The van der Waals surface area contributed by atoms with E-state index in [4.69, 9.17) is 4.74 Å². The van der Waals surface area contributed by atoms with Gasteiger partial charge in [-0.15, -0.1) is 11.3 Å². The molecule has 0 unspecified atom stereocenters. The van der Waals surface area contributed by atoms with Gasteiger partial charge in [0.05, 0.1) is 18.0 Å². The van der Waals surface area contributed by atoms with Crippen LogP contribution in [0.2, 0.25) is 0 Å². The fourth-order valence-corrected chi connectivity index (χ4v) is 3.59. The summed E-state index contributed by atoms with van der Waals surface area (Å²) in [6.45, 7) is 0.397. The zero-order valence-electron chi connectivity index (χ0n) is 12.7. The SMILES string of the molecule is Cn1nccc1COCC(=O)Nc1nc2c(s1)CCCCC2. The van der Waals surface area contributed by atoms with Gasteiger partial charge < -0.3 is 4.74 Å². The van der Waals surface area contributed by atoms with Gasteiger partial charge in [-0.3, -0.25) is 14.8 Å². The number of aryl methyl sites for hydroxylation is 3. The lowest BCUT2D eigenvalue weighted by molar-refractivity contribution is -0.121. The molecule has 0 bridgehead atoms. The average molecular weight is 320 g/mol. The highest BCUT2D eigenvalue weighted by molar-refractivity contribution is 7.15. The zero-order chi connectivity index (χ0) is 15.4. The molecule has 0 atom stereocenters. The van der Waals surface area contributed by atoms with Gasteiger partial charge in [0.2, 0.25) is 0 Å². The molecule has 0 aliphatic heterocycles. The fraction of sp³-hybridized carbons (Fsp3) is 0.533. The zero-order valence-corrected chi connectivity index (χ0v) is 13.5. The largest absolute Gasteiger partial charge is 0.365 e. The van der Waals surface area contributed by atoms with Crippen LogP contribution in [0.4, 0.5) is 5.13 Å². The molecule has 2 aromatic heterocycles. The number of amides is 1. The molecule has 1 amide bonds. The molecule has 22 heavy (non-hydrogen) atoms. The molecule has 0 saturated carbocycles. The summed E-state index contributed by atoms with van der Waals surface area (Å²) >= 11 is 1.60. The van der Waals surface area contributed by atoms with Gasteiger partial charge >= 0.3 is 0 Å². The smallest absolute Gasteiger partial charge is 0.252 e. The van der Waals surface area contributed by atoms with E-state index in [-0.39, 0.29) is 12.5 Å². The monoisotopic (exact) mass is 320 g/mol. The number of fused-ring (bicyclic) bond motifs is 1. The Morgan fingerprint density at radius 3 is 3.09 bits per heavy atom. The number of thiazole rings is 1. The molecule has 7 heteroatoms. The Bertz CT molecular complexity index is 626. The minimum atomic E-state index is -0.161. The van der Waals surface area contributed by atoms with E-state index in [1.807, 2.05) is 13.1 Å². The summed E-state index contributed by atoms with van der Waals surface area (Å²) < 4.78 is 7.15. The van der Waals surface area contributed by atoms with E-state index in [2.05, 4.69) is 15.4 Å². The molecular weight excluding hydrogens is 300 g/mol. The minimum Gasteiger partial charge on any atom is -0.365 e. The van der Waals surface area contributed by atoms with Crippen molar-refractivity contribution < 1.29 is 9.53 Å². The van der Waals surface area contributed by atoms with Crippen molar-refractivity contribution in [3.63, 3.8) is 0 Å². The van der Waals surface area contributed by atoms with Crippen molar-refractivity contribution in [2.75, 3.05) is 11.9 Å². The lowest BCUT2D eigenvalue weighted by Gasteiger charge is -2.04. The average Bonchev–Trinajstić information content (AvgIpc) is 2.99. The number of carbonyl (C=O) groups excluding carboxylic acids is 1. The maximum Gasteiger partial charge on any atom is 0.252 e. The number of hydrogen-bond donors (Lipinski definition) is 1. The minimum absolute atomic E-state index is 0.0232. The standard InChI is InChI=1S/C15H20N4O2S/c1-19-11(7-8-16-19)9-21-10-14(20)18-15-17-12-5-3-2-4-6-13(12)22-15/h7-8H,2-6,9-10H2,1H3,(H,17,18,20). The second-order valence-corrected chi connectivity index (χ2v) is 6.52. The fourth-order valence-electron chi connectivity index (χ4n) is 2.53. The van der Waals surface area contributed by atoms with Crippen molar-refractivity contribution in [2.24, 2.45) is 7.05 Å². The summed E-state index contributed by atoms with van der Waals surface area (Å²) in [6, 6.07) is 1.87. The first kappa shape index (κ1) is 15.2. The van der Waals surface area contributed by atoms with Gasteiger partial charge in [-0.1, -0.05) is 6.42 Å². The topological polar surface area (TPSA) is 69.0 Å². The number of rotatable bonds is 5. The first-order valence-corrected chi connectivity index (χ1v) is 8.37. The second-order valence-electron chi connectivity index (χ2n) is 5.44. The van der Waals surface area contributed by atoms with Gasteiger partial charge in [0.1, 0.15) is 6.61 Å². The van der Waals surface area contributed by atoms with Gasteiger partial charge in [0.15, 0.2) is 5.13 Å². The molecule has 2 aromatic rings. The van der Waals surface area contributed by atoms with Crippen molar-refractivity contribution in [2.45, 2.75) is 38.7 Å². The third-order valence-corrected chi connectivity index (χ3v) is 4.82. The Balaban J connectivity index is 1.48. The molecule has 0 radical (unpaired) electrons. The van der Waals surface area contributed by atoms with E-state index >= 15 is 0 Å². The number of nitrogens with one attached hydrogen (secondary N) is 1. The normalized spacial score (nSPS) is 14.4. The van der Waals surface area contributed by atoms with Gasteiger partial charge in [-0.25, -0.2) is 4.98 Å². The van der Waals surface area contributed by atoms with Gasteiger partial charge in [0.25, 0.3) is 5.91 Å². The van der Waals surface area contributed by atoms with Crippen molar-refractivity contribution in [1.29, 1.82) is 0 Å². The van der Waals surface area contributed by atoms with Crippen LogP contribution in [0.25, 0.3) is 0 Å². The molecule has 0 spiro atoms. The number of hydrogen-bond acceptors (Lipinski definition) is 5. The lowest BCUT2D eigenvalue weighted by atomic mass is 10.2. The summed E-state index contributed by atoms with van der Waals surface area (Å²) in [5.74, 6) is -0.161. The molecule has 3 rings (SSSR count). The van der Waals surface area contributed by atoms with E-state index in [9.17, 15) is 4.79 Å². The Morgan fingerprint density at radius 1 is 1.41 bits per heavy atom. The van der Waals surface area contributed by atoms with Crippen LogP contribution in [0.15, 0.2) is 12.3 Å². The molecular formula is C15H20N4O2S. The van der Waals surface area contributed by atoms with Crippen LogP contribution in [-0.2, 0) is 36.0 Å². The quantitative estimate of drug-likeness (QED) is 0.858. The van der Waals surface area contributed by atoms with Crippen LogP contribution >= 0.6 is 11.3 Å². The molecule has 6 nitrogen and oxygen atoms in total. The number of carbonyl (C=O) groups is 1. The van der Waals surface area contributed by atoms with E-state index in [0.29, 0.717) is 11.7 Å². The molecule has 0 fully saturated rings. The van der Waals surface area contributed by atoms with E-state index < -0.39 is 0 Å². The molecule has 2 heterocycles. The summed E-state index contributed by atoms with van der Waals surface area (Å²) in [6.07, 6.45) is 7.50. The predicted octanol–water partition coefficient (Wildman–Crippen LogP) is 2.30. The summed E-state index contributed by atoms with van der Waals surface area (Å²) in [5.41, 5.74) is 2.10. The van der Waals surface area contributed by atoms with Gasteiger partial charge in [-0.2, -0.15) is 5.10 Å². The summed E-state index contributed by atoms with van der Waals surface area (Å²) in [4.78, 5) is 17.8. The van der Waals surface area contributed by atoms with Crippen molar-refractivity contribution >= 4 is 22.4 Å². The van der Waals surface area contributed by atoms with Crippen molar-refractivity contribution in [3.8, 4) is 0 Å². The highest BCUT2D eigenvalue weighted by atomic mass is 32.1. The molecule has 1 N–H and O–H groups in total. The van der Waals surface area contributed by atoms with E-state index in [1.165, 1.54) is 24.1 Å². The Morgan fingerprint density at radius 2 is 2.27 bits per heavy atom. The first-order valence-electron chi connectivity index (χ1n) is 7.55. The third-order valence-electron chi connectivity index (χ3n) is 3.75. The van der Waals surface area contributed by atoms with Gasteiger partial charge in [-0.05, 0) is 31.7 Å². The number of aromatic nitrogens is 3. The van der Waals surface area contributed by atoms with Crippen molar-refractivity contribution in [1.82, 2.24) is 14.8 Å². The third kappa shape index (κ3) is 3.72. The molecule has 118 valence electrons. The summed E-state index contributed by atoms with van der Waals surface area (Å²) in [7, 11) is 1.85. The predicted molar refractivity (Wildman–Crippen MR) is 84.9 cm³/mol. The lowest BCUT2D eigenvalue weighted by Crippen LogP contribution is -2.18. The Labute approximate surface area is 133 Å². The Hall–Kier alpha value is -1.73. The summed E-state index contributed by atoms with van der Waals surface area (Å²) in [5, 5.41) is 7.59. The van der Waals surface area contributed by atoms with Crippen LogP contribution in [0.3, 0.4) is 0 Å². The maximum atomic E-state index is 11.9. The second kappa shape index (κ2) is 7.02. The number of ether oxygens (including phenoxy) is 1. The van der Waals surface area contributed by atoms with Crippen LogP contribution in [-0.4, -0.2) is 27.3 Å². The van der Waals surface area contributed by atoms with E-state index in [1.54, 1.807) is 22.2 Å². The Kier molecular flexibility index (Phi) is 4.84. The molecule has 0 aromatic carbocycles. The highest BCUT2D eigenvalue weighted by Crippen LogP contribution is 2.28. The maximum absolute atomic E-state index is 11.9. The van der Waals surface area contributed by atoms with Crippen LogP contribution < -0.4 is 5.32 Å². The molecule has 0 saturated heterocycles. The first-order chi connectivity index (χ1) is 10.7. The molecule has 1 aliphatic rings. The van der Waals surface area contributed by atoms with Crippen molar-refractivity contribution in [3.05, 3.63) is 28.5 Å². The van der Waals surface area contributed by atoms with Crippen LogP contribution in [0, 0.1) is 0 Å². The number of nitrogens with zero attached hydrogens (tertiary/aromatic N) is 3. The van der Waals surface area contributed by atoms with Crippen LogP contribution in [0.1, 0.15) is 35.5 Å². The molecule has 1 aliphatic carbocycles.